The number of fused-ring (bicyclic) bond motifs is 1. The largest absolute Gasteiger partial charge is 0.573 e. The minimum Gasteiger partial charge on any atom is -0.406 e. The monoisotopic (exact) mass is 389 g/mol. The zero-order chi connectivity index (χ0) is 19.6. The lowest BCUT2D eigenvalue weighted by Gasteiger charge is -2.09. The van der Waals surface area contributed by atoms with E-state index in [1.807, 2.05) is 12.1 Å². The van der Waals surface area contributed by atoms with Crippen molar-refractivity contribution in [2.45, 2.75) is 12.9 Å². The van der Waals surface area contributed by atoms with Crippen LogP contribution in [0, 0.1) is 0 Å². The molecule has 0 bridgehead atoms. The first kappa shape index (κ1) is 17.8. The molecule has 0 saturated heterocycles. The second-order valence-electron chi connectivity index (χ2n) is 5.90. The van der Waals surface area contributed by atoms with Crippen LogP contribution in [0.15, 0.2) is 59.6 Å². The van der Waals surface area contributed by atoms with Crippen LogP contribution >= 0.6 is 0 Å². The van der Waals surface area contributed by atoms with E-state index in [9.17, 15) is 13.2 Å². The predicted octanol–water partition coefficient (Wildman–Crippen LogP) is 4.10. The molecular weight excluding hydrogens is 375 g/mol. The van der Waals surface area contributed by atoms with Gasteiger partial charge in [-0.05, 0) is 35.4 Å². The highest BCUT2D eigenvalue weighted by atomic mass is 19.4. The fraction of sp³-hybridized carbons (Fsp3) is 0.167. The Morgan fingerprint density at radius 3 is 2.57 bits per heavy atom. The molecule has 2 aromatic heterocycles. The first-order valence-electron chi connectivity index (χ1n) is 8.30. The molecule has 0 fully saturated rings. The Hall–Kier alpha value is -3.56. The quantitative estimate of drug-likeness (QED) is 0.535. The van der Waals surface area contributed by atoms with Crippen LogP contribution in [0.1, 0.15) is 0 Å². The van der Waals surface area contributed by atoms with E-state index < -0.39 is 6.36 Å². The van der Waals surface area contributed by atoms with Crippen molar-refractivity contribution in [2.75, 3.05) is 11.9 Å². The first-order chi connectivity index (χ1) is 13.5. The molecule has 0 spiro atoms. The molecule has 4 rings (SSSR count). The third kappa shape index (κ3) is 4.05. The highest BCUT2D eigenvalue weighted by Crippen LogP contribution is 2.31. The number of halogens is 3. The van der Waals surface area contributed by atoms with Crippen molar-refractivity contribution in [3.8, 4) is 16.9 Å². The van der Waals surface area contributed by atoms with E-state index in [4.69, 9.17) is 4.52 Å². The van der Waals surface area contributed by atoms with Crippen LogP contribution in [0.25, 0.3) is 22.1 Å². The predicted molar refractivity (Wildman–Crippen MR) is 94.6 cm³/mol. The first-order valence-corrected chi connectivity index (χ1v) is 8.30. The molecule has 2 heterocycles. The van der Waals surface area contributed by atoms with Crippen molar-refractivity contribution in [3.63, 3.8) is 0 Å². The van der Waals surface area contributed by atoms with E-state index >= 15 is 0 Å². The van der Waals surface area contributed by atoms with Crippen molar-refractivity contribution in [1.82, 2.24) is 19.9 Å². The van der Waals surface area contributed by atoms with Crippen LogP contribution in [0.3, 0.4) is 0 Å². The minimum absolute atomic E-state index is 0.266. The van der Waals surface area contributed by atoms with Gasteiger partial charge >= 0.3 is 6.36 Å². The number of hydrogen-bond donors (Lipinski definition) is 1. The second kappa shape index (κ2) is 7.22. The van der Waals surface area contributed by atoms with E-state index in [2.05, 4.69) is 25.3 Å². The molecule has 144 valence electrons. The Balaban J connectivity index is 1.52. The lowest BCUT2D eigenvalue weighted by Crippen LogP contribution is -2.16. The standard InChI is InChI=1S/C18H14F3N5O2/c19-18(20,21)27-14-4-1-12(2-5-14)13-3-6-16-15(9-13)17(25-28-16)23-7-8-26-11-22-10-24-26/h1-6,9-11H,7-8H2,(H,23,25). The number of nitrogens with zero attached hydrogens (tertiary/aromatic N) is 4. The summed E-state index contributed by atoms with van der Waals surface area (Å²) in [6.07, 6.45) is -1.63. The minimum atomic E-state index is -4.71. The molecule has 0 atom stereocenters. The van der Waals surface area contributed by atoms with Gasteiger partial charge < -0.3 is 14.6 Å². The van der Waals surface area contributed by atoms with Crippen LogP contribution in [0.5, 0.6) is 5.75 Å². The van der Waals surface area contributed by atoms with E-state index in [0.717, 1.165) is 16.5 Å². The van der Waals surface area contributed by atoms with Crippen molar-refractivity contribution in [1.29, 1.82) is 0 Å². The summed E-state index contributed by atoms with van der Waals surface area (Å²) in [5, 5.41) is 12.0. The van der Waals surface area contributed by atoms with Crippen LogP contribution in [-0.2, 0) is 6.54 Å². The molecule has 0 radical (unpaired) electrons. The van der Waals surface area contributed by atoms with Gasteiger partial charge in [-0.3, -0.25) is 4.68 Å². The summed E-state index contributed by atoms with van der Waals surface area (Å²) < 4.78 is 47.7. The molecule has 0 aliphatic heterocycles. The number of nitrogens with one attached hydrogen (secondary N) is 1. The maximum Gasteiger partial charge on any atom is 0.573 e. The number of ether oxygens (including phenoxy) is 1. The summed E-state index contributed by atoms with van der Waals surface area (Å²) in [5.41, 5.74) is 2.16. The van der Waals surface area contributed by atoms with Gasteiger partial charge in [0.15, 0.2) is 11.4 Å². The number of hydrogen-bond acceptors (Lipinski definition) is 6. The smallest absolute Gasteiger partial charge is 0.406 e. The fourth-order valence-corrected chi connectivity index (χ4v) is 2.73. The van der Waals surface area contributed by atoms with Crippen molar-refractivity contribution in [2.24, 2.45) is 0 Å². The Morgan fingerprint density at radius 1 is 1.07 bits per heavy atom. The van der Waals surface area contributed by atoms with Crippen molar-refractivity contribution >= 4 is 16.8 Å². The lowest BCUT2D eigenvalue weighted by molar-refractivity contribution is -0.274. The van der Waals surface area contributed by atoms with Gasteiger partial charge in [-0.25, -0.2) is 4.98 Å². The third-order valence-corrected chi connectivity index (χ3v) is 3.99. The summed E-state index contributed by atoms with van der Waals surface area (Å²) in [4.78, 5) is 3.88. The van der Waals surface area contributed by atoms with Crippen LogP contribution in [-0.4, -0.2) is 32.8 Å². The SMILES string of the molecule is FC(F)(F)Oc1ccc(-c2ccc3onc(NCCn4cncn4)c3c2)cc1. The van der Waals surface area contributed by atoms with E-state index in [1.54, 1.807) is 29.2 Å². The summed E-state index contributed by atoms with van der Waals surface area (Å²) in [5.74, 6) is 0.312. The van der Waals surface area contributed by atoms with Gasteiger partial charge in [-0.15, -0.1) is 13.2 Å². The summed E-state index contributed by atoms with van der Waals surface area (Å²) >= 11 is 0. The van der Waals surface area contributed by atoms with Gasteiger partial charge in [0, 0.05) is 6.54 Å². The molecule has 7 nitrogen and oxygen atoms in total. The van der Waals surface area contributed by atoms with E-state index in [0.29, 0.717) is 24.5 Å². The van der Waals surface area contributed by atoms with E-state index in [-0.39, 0.29) is 5.75 Å². The summed E-state index contributed by atoms with van der Waals surface area (Å²) in [6, 6.07) is 11.1. The zero-order valence-corrected chi connectivity index (χ0v) is 14.3. The van der Waals surface area contributed by atoms with Crippen LogP contribution in [0.2, 0.25) is 0 Å². The molecular formula is C18H14F3N5O2. The molecule has 0 unspecified atom stereocenters. The van der Waals surface area contributed by atoms with Gasteiger partial charge in [0.1, 0.15) is 18.4 Å². The third-order valence-electron chi connectivity index (χ3n) is 3.99. The molecule has 0 amide bonds. The molecule has 28 heavy (non-hydrogen) atoms. The summed E-state index contributed by atoms with van der Waals surface area (Å²) in [7, 11) is 0. The topological polar surface area (TPSA) is 78.0 Å². The molecule has 1 N–H and O–H groups in total. The Kier molecular flexibility index (Phi) is 4.60. The van der Waals surface area contributed by atoms with Gasteiger partial charge in [0.25, 0.3) is 0 Å². The number of alkyl halides is 3. The second-order valence-corrected chi connectivity index (χ2v) is 5.90. The normalized spacial score (nSPS) is 11.7. The van der Waals surface area contributed by atoms with Crippen molar-refractivity contribution in [3.05, 3.63) is 55.1 Å². The molecule has 0 aliphatic rings. The van der Waals surface area contributed by atoms with Crippen LogP contribution < -0.4 is 10.1 Å². The highest BCUT2D eigenvalue weighted by Gasteiger charge is 2.30. The van der Waals surface area contributed by atoms with Gasteiger partial charge in [0.2, 0.25) is 0 Å². The average Bonchev–Trinajstić information content (AvgIpc) is 3.31. The van der Waals surface area contributed by atoms with E-state index in [1.165, 1.54) is 18.5 Å². The molecule has 0 aliphatic carbocycles. The molecule has 0 saturated carbocycles. The molecule has 4 aromatic rings. The van der Waals surface area contributed by atoms with Crippen LogP contribution in [0.4, 0.5) is 19.0 Å². The van der Waals surface area contributed by atoms with Crippen molar-refractivity contribution < 1.29 is 22.4 Å². The highest BCUT2D eigenvalue weighted by molar-refractivity contribution is 5.91. The zero-order valence-electron chi connectivity index (χ0n) is 14.3. The molecule has 10 heteroatoms. The Morgan fingerprint density at radius 2 is 1.86 bits per heavy atom. The average molecular weight is 389 g/mol. The molecule has 2 aromatic carbocycles. The maximum absolute atomic E-state index is 12.3. The Bertz CT molecular complexity index is 1060. The number of anilines is 1. The van der Waals surface area contributed by atoms with Gasteiger partial charge in [-0.2, -0.15) is 5.10 Å². The maximum atomic E-state index is 12.3. The van der Waals surface area contributed by atoms with Gasteiger partial charge in [-0.1, -0.05) is 23.4 Å². The number of benzene rings is 2. The Labute approximate surface area is 156 Å². The lowest BCUT2D eigenvalue weighted by atomic mass is 10.0. The van der Waals surface area contributed by atoms with Gasteiger partial charge in [0.05, 0.1) is 11.9 Å². The number of aromatic nitrogens is 4. The number of rotatable bonds is 6. The summed E-state index contributed by atoms with van der Waals surface area (Å²) in [6.45, 7) is 1.17. The fourth-order valence-electron chi connectivity index (χ4n) is 2.73.